The van der Waals surface area contributed by atoms with Crippen molar-refractivity contribution < 1.29 is 23.5 Å². The van der Waals surface area contributed by atoms with E-state index in [1.54, 1.807) is 50.2 Å². The van der Waals surface area contributed by atoms with E-state index in [1.165, 1.54) is 19.2 Å². The van der Waals surface area contributed by atoms with Crippen LogP contribution in [-0.2, 0) is 26.2 Å². The molecule has 1 aromatic heterocycles. The van der Waals surface area contributed by atoms with Crippen LogP contribution in [0, 0.1) is 22.6 Å². The number of rotatable bonds is 7. The van der Waals surface area contributed by atoms with E-state index >= 15 is 4.39 Å². The second kappa shape index (κ2) is 10.8. The van der Waals surface area contributed by atoms with Gasteiger partial charge in [-0.1, -0.05) is 41.4 Å². The lowest BCUT2D eigenvalue weighted by molar-refractivity contribution is -0.122. The van der Waals surface area contributed by atoms with Crippen molar-refractivity contribution in [3.63, 3.8) is 0 Å². The maximum Gasteiger partial charge on any atom is 0.348 e. The minimum atomic E-state index is -1.47. The van der Waals surface area contributed by atoms with Crippen LogP contribution < -0.4 is 10.6 Å². The normalized spacial score (nSPS) is 23.2. The Labute approximate surface area is 250 Å². The number of nitrogens with one attached hydrogen (secondary N) is 2. The fourth-order valence-electron chi connectivity index (χ4n) is 6.11. The van der Waals surface area contributed by atoms with Gasteiger partial charge in [0, 0.05) is 34.0 Å². The molecule has 2 aliphatic rings. The highest BCUT2D eigenvalue weighted by atomic mass is 35.5. The molecule has 2 aliphatic heterocycles. The average Bonchev–Trinajstić information content (AvgIpc) is 3.60. The van der Waals surface area contributed by atoms with Gasteiger partial charge < -0.3 is 15.4 Å². The minimum absolute atomic E-state index is 0.0719. The summed E-state index contributed by atoms with van der Waals surface area (Å²) in [5.41, 5.74) is -1.22. The van der Waals surface area contributed by atoms with Crippen LogP contribution in [0.5, 0.6) is 0 Å². The van der Waals surface area contributed by atoms with Gasteiger partial charge in [0.25, 0.3) is 0 Å². The molecule has 3 aromatic rings. The van der Waals surface area contributed by atoms with E-state index in [4.69, 9.17) is 27.9 Å². The molecule has 0 aliphatic carbocycles. The highest BCUT2D eigenvalue weighted by Gasteiger charge is 2.66. The number of hydrogen-bond donors (Lipinski definition) is 2. The summed E-state index contributed by atoms with van der Waals surface area (Å²) in [5, 5.41) is 16.4. The first-order valence-electron chi connectivity index (χ1n) is 12.9. The number of Topliss-reactive ketones (excluding diaryl/α,β-unsaturated/α-hetero) is 1. The van der Waals surface area contributed by atoms with Crippen LogP contribution in [0.1, 0.15) is 51.9 Å². The van der Waals surface area contributed by atoms with E-state index in [9.17, 15) is 19.6 Å². The maximum absolute atomic E-state index is 15.9. The number of carbonyl (C=O) groups is 3. The van der Waals surface area contributed by atoms with E-state index < -0.39 is 46.5 Å². The third-order valence-corrected chi connectivity index (χ3v) is 9.47. The van der Waals surface area contributed by atoms with E-state index in [0.29, 0.717) is 26.0 Å². The first-order valence-corrected chi connectivity index (χ1v) is 14.4. The second-order valence-corrected chi connectivity index (χ2v) is 12.9. The van der Waals surface area contributed by atoms with Crippen LogP contribution in [0.4, 0.5) is 10.1 Å². The third kappa shape index (κ3) is 4.93. The number of halogens is 3. The largest absolute Gasteiger partial charge is 0.465 e. The van der Waals surface area contributed by atoms with E-state index in [0.717, 1.165) is 11.3 Å². The Morgan fingerprint density at radius 2 is 1.95 bits per heavy atom. The average molecular weight is 615 g/mol. The number of carbonyl (C=O) groups excluding carboxylic acids is 3. The summed E-state index contributed by atoms with van der Waals surface area (Å²) in [5.74, 6) is -2.99. The molecule has 0 radical (unpaired) electrons. The Hall–Kier alpha value is -3.29. The van der Waals surface area contributed by atoms with Gasteiger partial charge in [-0.05, 0) is 61.7 Å². The number of methoxy groups -OCH3 is 1. The topological polar surface area (TPSA) is 108 Å². The molecule has 5 rings (SSSR count). The number of nitrogens with zero attached hydrogens (tertiary/aromatic N) is 1. The molecule has 1 saturated heterocycles. The Morgan fingerprint density at radius 3 is 2.66 bits per heavy atom. The molecular weight excluding hydrogens is 588 g/mol. The van der Waals surface area contributed by atoms with E-state index in [2.05, 4.69) is 16.7 Å². The van der Waals surface area contributed by atoms with Crippen LogP contribution in [-0.4, -0.2) is 36.9 Å². The quantitative estimate of drug-likeness (QED) is 0.314. The maximum atomic E-state index is 15.9. The van der Waals surface area contributed by atoms with Crippen LogP contribution in [0.2, 0.25) is 10.0 Å². The Kier molecular flexibility index (Phi) is 7.72. The molecule has 3 heterocycles. The summed E-state index contributed by atoms with van der Waals surface area (Å²) in [6.07, 6.45) is 0.116. The van der Waals surface area contributed by atoms with Crippen molar-refractivity contribution in [3.8, 4) is 6.07 Å². The predicted molar refractivity (Wildman–Crippen MR) is 155 cm³/mol. The molecule has 7 nitrogen and oxygen atoms in total. The fourth-order valence-corrected chi connectivity index (χ4v) is 7.40. The molecule has 11 heteroatoms. The molecule has 1 fully saturated rings. The zero-order valence-electron chi connectivity index (χ0n) is 22.4. The van der Waals surface area contributed by atoms with Gasteiger partial charge in [-0.15, -0.1) is 11.3 Å². The number of thiophene rings is 1. The van der Waals surface area contributed by atoms with Gasteiger partial charge in [0.2, 0.25) is 5.91 Å². The summed E-state index contributed by atoms with van der Waals surface area (Å²) >= 11 is 13.6. The number of anilines is 1. The van der Waals surface area contributed by atoms with Crippen LogP contribution in [0.15, 0.2) is 48.5 Å². The second-order valence-electron chi connectivity index (χ2n) is 10.9. The first kappa shape index (κ1) is 29.2. The monoisotopic (exact) mass is 613 g/mol. The Balaban J connectivity index is 1.70. The van der Waals surface area contributed by atoms with Gasteiger partial charge in [-0.25, -0.2) is 9.18 Å². The number of esters is 1. The standard InChI is InChI=1S/C30H26Cl2FN3O4S/c1-29(2,14-34)13-23-30(18-9-7-15(31)11-20(18)35-28(30)39)24(17-5-4-6-19(32)25(17)33)26(36-23)21(37)12-16-8-10-22(41-16)27(38)40-3/h4-11,23-24,26,36H,12-13H2,1-3H3,(H,35,39)/t23-,24-,26-,30+/m0/s1. The number of ketones is 1. The van der Waals surface area contributed by atoms with E-state index in [-0.39, 0.29) is 29.2 Å². The molecule has 1 spiro atoms. The molecule has 1 amide bonds. The zero-order chi connectivity index (χ0) is 29.7. The highest BCUT2D eigenvalue weighted by Crippen LogP contribution is 2.57. The highest BCUT2D eigenvalue weighted by molar-refractivity contribution is 7.14. The molecule has 2 aromatic carbocycles. The van der Waals surface area contributed by atoms with Crippen molar-refractivity contribution in [2.75, 3.05) is 12.4 Å². The Bertz CT molecular complexity index is 1620. The molecule has 41 heavy (non-hydrogen) atoms. The summed E-state index contributed by atoms with van der Waals surface area (Å²) in [4.78, 5) is 41.2. The minimum Gasteiger partial charge on any atom is -0.465 e. The number of hydrogen-bond acceptors (Lipinski definition) is 7. The number of nitriles is 1. The summed E-state index contributed by atoms with van der Waals surface area (Å²) < 4.78 is 20.6. The van der Waals surface area contributed by atoms with Crippen molar-refractivity contribution in [1.29, 1.82) is 5.26 Å². The lowest BCUT2D eigenvalue weighted by Gasteiger charge is -2.37. The Morgan fingerprint density at radius 1 is 1.20 bits per heavy atom. The molecular formula is C30H26Cl2FN3O4S. The number of ether oxygens (including phenoxy) is 1. The van der Waals surface area contributed by atoms with Crippen LogP contribution in [0.25, 0.3) is 0 Å². The molecule has 2 N–H and O–H groups in total. The fraction of sp³-hybridized carbons (Fsp3) is 0.333. The van der Waals surface area contributed by atoms with Crippen molar-refractivity contribution in [3.05, 3.63) is 85.3 Å². The first-order chi connectivity index (χ1) is 19.4. The molecule has 0 unspecified atom stereocenters. The van der Waals surface area contributed by atoms with Gasteiger partial charge in [0.1, 0.15) is 16.1 Å². The smallest absolute Gasteiger partial charge is 0.348 e. The summed E-state index contributed by atoms with van der Waals surface area (Å²) in [6.45, 7) is 3.50. The summed E-state index contributed by atoms with van der Waals surface area (Å²) in [6, 6.07) is 13.3. The van der Waals surface area contributed by atoms with Gasteiger partial charge in [0.15, 0.2) is 5.78 Å². The number of fused-ring (bicyclic) bond motifs is 2. The van der Waals surface area contributed by atoms with Crippen molar-refractivity contribution in [2.45, 2.75) is 50.1 Å². The zero-order valence-corrected chi connectivity index (χ0v) is 24.7. The third-order valence-electron chi connectivity index (χ3n) is 7.88. The summed E-state index contributed by atoms with van der Waals surface area (Å²) in [7, 11) is 1.28. The molecule has 212 valence electrons. The van der Waals surface area contributed by atoms with Crippen molar-refractivity contribution in [2.24, 2.45) is 5.41 Å². The SMILES string of the molecule is COC(=O)c1ccc(CC(=O)[C@@H]2N[C@@H](CC(C)(C)C#N)[C@@]3(C(=O)Nc4cc(Cl)ccc43)[C@H]2c2cccc(Cl)c2F)s1. The van der Waals surface area contributed by atoms with Crippen molar-refractivity contribution in [1.82, 2.24) is 5.32 Å². The van der Waals surface area contributed by atoms with Gasteiger partial charge in [-0.3, -0.25) is 9.59 Å². The lowest BCUT2D eigenvalue weighted by Crippen LogP contribution is -2.50. The van der Waals surface area contributed by atoms with Crippen LogP contribution in [0.3, 0.4) is 0 Å². The van der Waals surface area contributed by atoms with Gasteiger partial charge >= 0.3 is 5.97 Å². The predicted octanol–water partition coefficient (Wildman–Crippen LogP) is 6.05. The van der Waals surface area contributed by atoms with E-state index in [1.807, 2.05) is 0 Å². The molecule has 0 bridgehead atoms. The van der Waals surface area contributed by atoms with Crippen molar-refractivity contribution >= 4 is 57.9 Å². The van der Waals surface area contributed by atoms with Gasteiger partial charge in [0.05, 0.1) is 29.7 Å². The molecule has 4 atom stereocenters. The number of benzene rings is 2. The number of amides is 1. The van der Waals surface area contributed by atoms with Gasteiger partial charge in [-0.2, -0.15) is 5.26 Å². The lowest BCUT2D eigenvalue weighted by atomic mass is 9.62. The molecule has 0 saturated carbocycles. The van der Waals surface area contributed by atoms with Crippen LogP contribution >= 0.6 is 34.5 Å².